The Morgan fingerprint density at radius 1 is 1.15 bits per heavy atom. The first-order valence-corrected chi connectivity index (χ1v) is 7.01. The van der Waals surface area contributed by atoms with Gasteiger partial charge in [-0.25, -0.2) is 4.79 Å². The van der Waals surface area contributed by atoms with Gasteiger partial charge in [-0.05, 0) is 41.9 Å². The Morgan fingerprint density at radius 3 is 2.05 bits per heavy atom. The van der Waals surface area contributed by atoms with E-state index in [1.807, 2.05) is 24.3 Å². The van der Waals surface area contributed by atoms with E-state index in [0.29, 0.717) is 5.75 Å². The molecule has 0 bridgehead atoms. The molecule has 1 atom stereocenters. The van der Waals surface area contributed by atoms with Crippen LogP contribution in [-0.4, -0.2) is 17.2 Å². The molecule has 0 heterocycles. The summed E-state index contributed by atoms with van der Waals surface area (Å²) in [6, 6.07) is 7.74. The fraction of sp³-hybridized carbons (Fsp3) is 0.588. The van der Waals surface area contributed by atoms with Gasteiger partial charge in [-0.3, -0.25) is 0 Å². The van der Waals surface area contributed by atoms with Crippen molar-refractivity contribution >= 4 is 5.97 Å². The van der Waals surface area contributed by atoms with Crippen molar-refractivity contribution in [1.82, 2.24) is 0 Å². The first kappa shape index (κ1) is 16.5. The standard InChI is InChI=1S/C17H26O3/c1-12(15(18)19)20-14-9-7-13(8-10-14)17(5,6)11-16(2,3)4/h7-10,12H,11H2,1-6H3,(H,18,19). The average Bonchev–Trinajstić information content (AvgIpc) is 2.26. The van der Waals surface area contributed by atoms with Gasteiger partial charge in [0.15, 0.2) is 6.10 Å². The number of benzene rings is 1. The van der Waals surface area contributed by atoms with Crippen LogP contribution in [0.1, 0.15) is 53.5 Å². The van der Waals surface area contributed by atoms with Gasteiger partial charge in [-0.15, -0.1) is 0 Å². The smallest absolute Gasteiger partial charge is 0.344 e. The molecule has 3 nitrogen and oxygen atoms in total. The van der Waals surface area contributed by atoms with Crippen molar-refractivity contribution in [1.29, 1.82) is 0 Å². The molecule has 1 aromatic rings. The molecule has 1 N–H and O–H groups in total. The third kappa shape index (κ3) is 4.87. The van der Waals surface area contributed by atoms with Crippen molar-refractivity contribution in [2.75, 3.05) is 0 Å². The molecule has 0 amide bonds. The third-order valence-corrected chi connectivity index (χ3v) is 3.27. The monoisotopic (exact) mass is 278 g/mol. The van der Waals surface area contributed by atoms with E-state index < -0.39 is 12.1 Å². The van der Waals surface area contributed by atoms with E-state index in [9.17, 15) is 4.79 Å². The van der Waals surface area contributed by atoms with Crippen molar-refractivity contribution in [3.05, 3.63) is 29.8 Å². The fourth-order valence-corrected chi connectivity index (χ4v) is 2.67. The largest absolute Gasteiger partial charge is 0.479 e. The van der Waals surface area contributed by atoms with Gasteiger partial charge in [-0.2, -0.15) is 0 Å². The van der Waals surface area contributed by atoms with E-state index in [2.05, 4.69) is 34.6 Å². The molecule has 20 heavy (non-hydrogen) atoms. The van der Waals surface area contributed by atoms with Crippen LogP contribution in [0.2, 0.25) is 0 Å². The molecule has 0 saturated carbocycles. The average molecular weight is 278 g/mol. The van der Waals surface area contributed by atoms with E-state index in [1.165, 1.54) is 12.5 Å². The van der Waals surface area contributed by atoms with E-state index in [0.717, 1.165) is 6.42 Å². The molecule has 0 fully saturated rings. The lowest BCUT2D eigenvalue weighted by atomic mass is 9.72. The summed E-state index contributed by atoms with van der Waals surface area (Å²) in [5.41, 5.74) is 1.58. The highest BCUT2D eigenvalue weighted by molar-refractivity contribution is 5.72. The Balaban J connectivity index is 2.83. The molecular weight excluding hydrogens is 252 g/mol. The third-order valence-electron chi connectivity index (χ3n) is 3.27. The maximum atomic E-state index is 10.8. The topological polar surface area (TPSA) is 46.5 Å². The van der Waals surface area contributed by atoms with E-state index >= 15 is 0 Å². The summed E-state index contributed by atoms with van der Waals surface area (Å²) in [4.78, 5) is 10.8. The van der Waals surface area contributed by atoms with Gasteiger partial charge in [0.2, 0.25) is 0 Å². The zero-order valence-electron chi connectivity index (χ0n) is 13.4. The number of ether oxygens (including phenoxy) is 1. The van der Waals surface area contributed by atoms with Crippen molar-refractivity contribution in [2.45, 2.75) is 59.5 Å². The first-order valence-electron chi connectivity index (χ1n) is 7.01. The molecule has 3 heteroatoms. The lowest BCUT2D eigenvalue weighted by molar-refractivity contribution is -0.144. The highest BCUT2D eigenvalue weighted by Gasteiger charge is 2.27. The quantitative estimate of drug-likeness (QED) is 0.875. The zero-order valence-corrected chi connectivity index (χ0v) is 13.4. The number of carbonyl (C=O) groups is 1. The lowest BCUT2D eigenvalue weighted by Crippen LogP contribution is -2.25. The molecular formula is C17H26O3. The molecule has 0 aliphatic rings. The molecule has 0 spiro atoms. The number of rotatable bonds is 5. The Bertz CT molecular complexity index is 452. The van der Waals surface area contributed by atoms with Crippen molar-refractivity contribution in [3.63, 3.8) is 0 Å². The van der Waals surface area contributed by atoms with Gasteiger partial charge in [-0.1, -0.05) is 46.8 Å². The van der Waals surface area contributed by atoms with Crippen LogP contribution in [0.15, 0.2) is 24.3 Å². The molecule has 1 aromatic carbocycles. The number of carboxylic acid groups (broad SMARTS) is 1. The van der Waals surface area contributed by atoms with Crippen LogP contribution in [0.25, 0.3) is 0 Å². The zero-order chi connectivity index (χ0) is 15.6. The molecule has 0 aliphatic heterocycles. The van der Waals surface area contributed by atoms with Gasteiger partial charge in [0, 0.05) is 0 Å². The number of aliphatic carboxylic acids is 1. The predicted molar refractivity (Wildman–Crippen MR) is 81.3 cm³/mol. The van der Waals surface area contributed by atoms with Crippen LogP contribution in [0.3, 0.4) is 0 Å². The molecule has 112 valence electrons. The number of carboxylic acids is 1. The first-order chi connectivity index (χ1) is 9.01. The maximum Gasteiger partial charge on any atom is 0.344 e. The molecule has 1 unspecified atom stereocenters. The van der Waals surface area contributed by atoms with Crippen molar-refractivity contribution in [3.8, 4) is 5.75 Å². The second-order valence-electron chi connectivity index (χ2n) is 7.24. The van der Waals surface area contributed by atoms with Crippen LogP contribution in [0.5, 0.6) is 5.75 Å². The summed E-state index contributed by atoms with van der Waals surface area (Å²) in [5, 5.41) is 8.83. The van der Waals surface area contributed by atoms with Crippen LogP contribution >= 0.6 is 0 Å². The van der Waals surface area contributed by atoms with Crippen LogP contribution < -0.4 is 4.74 Å². The second kappa shape index (κ2) is 5.86. The molecule has 0 saturated heterocycles. The van der Waals surface area contributed by atoms with Gasteiger partial charge < -0.3 is 9.84 Å². The van der Waals surface area contributed by atoms with E-state index in [4.69, 9.17) is 9.84 Å². The van der Waals surface area contributed by atoms with E-state index in [-0.39, 0.29) is 10.8 Å². The normalized spacial score (nSPS) is 13.9. The Morgan fingerprint density at radius 2 is 1.65 bits per heavy atom. The molecule has 0 aliphatic carbocycles. The maximum absolute atomic E-state index is 10.8. The Hall–Kier alpha value is -1.51. The van der Waals surface area contributed by atoms with Crippen molar-refractivity contribution < 1.29 is 14.6 Å². The van der Waals surface area contributed by atoms with E-state index in [1.54, 1.807) is 0 Å². The summed E-state index contributed by atoms with van der Waals surface area (Å²) in [7, 11) is 0. The Kier molecular flexibility index (Phi) is 4.85. The number of hydrogen-bond acceptors (Lipinski definition) is 2. The number of hydrogen-bond donors (Lipinski definition) is 1. The minimum absolute atomic E-state index is 0.0786. The van der Waals surface area contributed by atoms with Gasteiger partial charge in [0.25, 0.3) is 0 Å². The lowest BCUT2D eigenvalue weighted by Gasteiger charge is -2.33. The molecule has 0 aromatic heterocycles. The summed E-state index contributed by atoms with van der Waals surface area (Å²) in [5.74, 6) is -0.364. The highest BCUT2D eigenvalue weighted by atomic mass is 16.5. The minimum Gasteiger partial charge on any atom is -0.479 e. The predicted octanol–water partition coefficient (Wildman–Crippen LogP) is 4.25. The second-order valence-corrected chi connectivity index (χ2v) is 7.24. The van der Waals surface area contributed by atoms with Crippen molar-refractivity contribution in [2.24, 2.45) is 5.41 Å². The summed E-state index contributed by atoms with van der Waals surface area (Å²) in [6.45, 7) is 12.7. The highest BCUT2D eigenvalue weighted by Crippen LogP contribution is 2.36. The van der Waals surface area contributed by atoms with Crippen LogP contribution in [0.4, 0.5) is 0 Å². The molecule has 0 radical (unpaired) electrons. The van der Waals surface area contributed by atoms with Crippen LogP contribution in [0, 0.1) is 5.41 Å². The fourth-order valence-electron chi connectivity index (χ4n) is 2.67. The molecule has 1 rings (SSSR count). The van der Waals surface area contributed by atoms with Crippen LogP contribution in [-0.2, 0) is 10.2 Å². The summed E-state index contributed by atoms with van der Waals surface area (Å²) >= 11 is 0. The Labute approximate surface area is 122 Å². The minimum atomic E-state index is -0.956. The summed E-state index contributed by atoms with van der Waals surface area (Å²) < 4.78 is 5.34. The summed E-state index contributed by atoms with van der Waals surface area (Å²) in [6.07, 6.45) is 0.245. The van der Waals surface area contributed by atoms with Gasteiger partial charge >= 0.3 is 5.97 Å². The SMILES string of the molecule is CC(Oc1ccc(C(C)(C)CC(C)(C)C)cc1)C(=O)O. The van der Waals surface area contributed by atoms with Gasteiger partial charge in [0.05, 0.1) is 0 Å². The van der Waals surface area contributed by atoms with Gasteiger partial charge in [0.1, 0.15) is 5.75 Å².